The number of aliphatic hydroxyl groups is 1. The number of nitrogens with one attached hydrogen (secondary N) is 1. The molecule has 0 saturated heterocycles. The number of amides is 1. The van der Waals surface area contributed by atoms with Gasteiger partial charge in [-0.1, -0.05) is 0 Å². The highest BCUT2D eigenvalue weighted by Crippen LogP contribution is 2.44. The summed E-state index contributed by atoms with van der Waals surface area (Å²) in [7, 11) is 1.33. The summed E-state index contributed by atoms with van der Waals surface area (Å²) in [5, 5.41) is 11.4. The van der Waals surface area contributed by atoms with E-state index in [1.807, 2.05) is 0 Å². The van der Waals surface area contributed by atoms with E-state index in [1.165, 1.54) is 7.11 Å². The molecule has 1 aliphatic carbocycles. The Hall–Kier alpha value is -0.770. The Kier molecular flexibility index (Phi) is 2.34. The molecule has 1 saturated carbocycles. The average molecular weight is 159 g/mol. The normalized spacial score (nSPS) is 19.1. The molecular weight excluding hydrogens is 146 g/mol. The Labute approximate surface area is 65.5 Å². The van der Waals surface area contributed by atoms with Crippen LogP contribution in [0.5, 0.6) is 0 Å². The number of methoxy groups -OCH3 is 1. The average Bonchev–Trinajstić information content (AvgIpc) is 2.81. The number of ether oxygens (including phenoxy) is 1. The van der Waals surface area contributed by atoms with E-state index in [-0.39, 0.29) is 12.0 Å². The largest absolute Gasteiger partial charge is 0.453 e. The minimum atomic E-state index is -0.426. The highest BCUT2D eigenvalue weighted by atomic mass is 16.5. The maximum atomic E-state index is 10.6. The maximum absolute atomic E-state index is 10.6. The van der Waals surface area contributed by atoms with Crippen LogP contribution in [-0.4, -0.2) is 31.5 Å². The summed E-state index contributed by atoms with van der Waals surface area (Å²) in [5.74, 6) is 0. The summed E-state index contributed by atoms with van der Waals surface area (Å²) in [6, 6.07) is 0. The van der Waals surface area contributed by atoms with Gasteiger partial charge in [0, 0.05) is 12.0 Å². The van der Waals surface area contributed by atoms with Crippen molar-refractivity contribution in [2.75, 3.05) is 20.3 Å². The SMILES string of the molecule is COC(=O)NCC1(CO)CC1. The molecule has 0 aromatic carbocycles. The van der Waals surface area contributed by atoms with Crippen molar-refractivity contribution >= 4 is 6.09 Å². The van der Waals surface area contributed by atoms with Crippen LogP contribution in [0.3, 0.4) is 0 Å². The summed E-state index contributed by atoms with van der Waals surface area (Å²) in [4.78, 5) is 10.6. The first-order valence-electron chi connectivity index (χ1n) is 3.65. The summed E-state index contributed by atoms with van der Waals surface area (Å²) >= 11 is 0. The lowest BCUT2D eigenvalue weighted by Gasteiger charge is -2.11. The third kappa shape index (κ3) is 2.08. The van der Waals surface area contributed by atoms with Gasteiger partial charge in [-0.2, -0.15) is 0 Å². The van der Waals surface area contributed by atoms with Gasteiger partial charge >= 0.3 is 6.09 Å². The zero-order chi connectivity index (χ0) is 8.32. The van der Waals surface area contributed by atoms with E-state index >= 15 is 0 Å². The van der Waals surface area contributed by atoms with E-state index in [1.54, 1.807) is 0 Å². The van der Waals surface area contributed by atoms with E-state index in [0.717, 1.165) is 12.8 Å². The lowest BCUT2D eigenvalue weighted by molar-refractivity contribution is 0.161. The van der Waals surface area contributed by atoms with Gasteiger partial charge in [-0.05, 0) is 12.8 Å². The van der Waals surface area contributed by atoms with Gasteiger partial charge in [-0.3, -0.25) is 0 Å². The van der Waals surface area contributed by atoms with Gasteiger partial charge in [0.15, 0.2) is 0 Å². The van der Waals surface area contributed by atoms with Crippen molar-refractivity contribution in [1.29, 1.82) is 0 Å². The molecule has 0 aromatic rings. The van der Waals surface area contributed by atoms with Crippen molar-refractivity contribution in [2.24, 2.45) is 5.41 Å². The lowest BCUT2D eigenvalue weighted by atomic mass is 10.1. The molecule has 4 heteroatoms. The number of aliphatic hydroxyl groups excluding tert-OH is 1. The molecular formula is C7H13NO3. The zero-order valence-electron chi connectivity index (χ0n) is 6.59. The number of carbonyl (C=O) groups is 1. The number of rotatable bonds is 3. The first-order valence-corrected chi connectivity index (χ1v) is 3.65. The molecule has 11 heavy (non-hydrogen) atoms. The minimum Gasteiger partial charge on any atom is -0.453 e. The standard InChI is InChI=1S/C7H13NO3/c1-11-6(10)8-4-7(5-9)2-3-7/h9H,2-5H2,1H3,(H,8,10). The van der Waals surface area contributed by atoms with Crippen molar-refractivity contribution in [1.82, 2.24) is 5.32 Å². The Morgan fingerprint density at radius 1 is 1.73 bits per heavy atom. The lowest BCUT2D eigenvalue weighted by Crippen LogP contribution is -2.31. The van der Waals surface area contributed by atoms with Gasteiger partial charge in [-0.15, -0.1) is 0 Å². The zero-order valence-corrected chi connectivity index (χ0v) is 6.59. The van der Waals surface area contributed by atoms with Gasteiger partial charge in [0.2, 0.25) is 0 Å². The van der Waals surface area contributed by atoms with Crippen LogP contribution in [0.25, 0.3) is 0 Å². The first kappa shape index (κ1) is 8.33. The molecule has 1 fully saturated rings. The molecule has 1 rings (SSSR count). The highest BCUT2D eigenvalue weighted by Gasteiger charge is 2.42. The summed E-state index contributed by atoms with van der Waals surface area (Å²) in [6.45, 7) is 0.674. The molecule has 0 heterocycles. The molecule has 0 unspecified atom stereocenters. The van der Waals surface area contributed by atoms with Crippen molar-refractivity contribution in [3.05, 3.63) is 0 Å². The van der Waals surface area contributed by atoms with E-state index in [0.29, 0.717) is 6.54 Å². The summed E-state index contributed by atoms with van der Waals surface area (Å²) < 4.78 is 4.39. The van der Waals surface area contributed by atoms with Gasteiger partial charge in [0.1, 0.15) is 0 Å². The Bertz CT molecular complexity index is 154. The first-order chi connectivity index (χ1) is 5.22. The Morgan fingerprint density at radius 3 is 2.73 bits per heavy atom. The Morgan fingerprint density at radius 2 is 2.36 bits per heavy atom. The van der Waals surface area contributed by atoms with Gasteiger partial charge < -0.3 is 15.2 Å². The summed E-state index contributed by atoms with van der Waals surface area (Å²) in [6.07, 6.45) is 1.56. The molecule has 0 spiro atoms. The van der Waals surface area contributed by atoms with Crippen molar-refractivity contribution < 1.29 is 14.6 Å². The van der Waals surface area contributed by atoms with Gasteiger partial charge in [-0.25, -0.2) is 4.79 Å². The van der Waals surface area contributed by atoms with E-state index in [9.17, 15) is 4.79 Å². The van der Waals surface area contributed by atoms with Crippen LogP contribution in [0.1, 0.15) is 12.8 Å². The predicted molar refractivity (Wildman–Crippen MR) is 39.2 cm³/mol. The topological polar surface area (TPSA) is 58.6 Å². The van der Waals surface area contributed by atoms with E-state index < -0.39 is 6.09 Å². The van der Waals surface area contributed by atoms with Crippen LogP contribution in [0.2, 0.25) is 0 Å². The number of carbonyl (C=O) groups excluding carboxylic acids is 1. The van der Waals surface area contributed by atoms with Gasteiger partial charge in [0.25, 0.3) is 0 Å². The molecule has 0 aliphatic heterocycles. The van der Waals surface area contributed by atoms with Crippen LogP contribution in [0.15, 0.2) is 0 Å². The van der Waals surface area contributed by atoms with Crippen LogP contribution < -0.4 is 5.32 Å². The fraction of sp³-hybridized carbons (Fsp3) is 0.857. The smallest absolute Gasteiger partial charge is 0.406 e. The molecule has 0 radical (unpaired) electrons. The molecule has 2 N–H and O–H groups in total. The number of alkyl carbamates (subject to hydrolysis) is 1. The maximum Gasteiger partial charge on any atom is 0.406 e. The fourth-order valence-electron chi connectivity index (χ4n) is 0.899. The highest BCUT2D eigenvalue weighted by molar-refractivity contribution is 5.66. The monoisotopic (exact) mass is 159 g/mol. The quantitative estimate of drug-likeness (QED) is 0.614. The Balaban J connectivity index is 2.16. The van der Waals surface area contributed by atoms with Crippen LogP contribution >= 0.6 is 0 Å². The number of hydrogen-bond acceptors (Lipinski definition) is 3. The van der Waals surface area contributed by atoms with Crippen LogP contribution in [-0.2, 0) is 4.74 Å². The molecule has 0 atom stereocenters. The van der Waals surface area contributed by atoms with Gasteiger partial charge in [0.05, 0.1) is 13.7 Å². The van der Waals surface area contributed by atoms with Crippen molar-refractivity contribution in [3.8, 4) is 0 Å². The molecule has 4 nitrogen and oxygen atoms in total. The number of hydrogen-bond donors (Lipinski definition) is 2. The van der Waals surface area contributed by atoms with Crippen molar-refractivity contribution in [3.63, 3.8) is 0 Å². The molecule has 0 bridgehead atoms. The predicted octanol–water partition coefficient (Wildman–Crippen LogP) is 0.115. The second-order valence-corrected chi connectivity index (χ2v) is 3.00. The van der Waals surface area contributed by atoms with Crippen molar-refractivity contribution in [2.45, 2.75) is 12.8 Å². The minimum absolute atomic E-state index is 0.0335. The third-order valence-electron chi connectivity index (χ3n) is 2.09. The van der Waals surface area contributed by atoms with Crippen LogP contribution in [0, 0.1) is 5.41 Å². The molecule has 1 amide bonds. The van der Waals surface area contributed by atoms with E-state index in [2.05, 4.69) is 10.1 Å². The van der Waals surface area contributed by atoms with Crippen LogP contribution in [0.4, 0.5) is 4.79 Å². The summed E-state index contributed by atoms with van der Waals surface area (Å²) in [5.41, 5.74) is -0.0335. The molecule has 1 aliphatic rings. The fourth-order valence-corrected chi connectivity index (χ4v) is 0.899. The second-order valence-electron chi connectivity index (χ2n) is 3.00. The van der Waals surface area contributed by atoms with E-state index in [4.69, 9.17) is 5.11 Å². The molecule has 64 valence electrons. The second kappa shape index (κ2) is 3.09. The third-order valence-corrected chi connectivity index (χ3v) is 2.09. The molecule has 0 aromatic heterocycles.